The minimum atomic E-state index is -3.72. The Morgan fingerprint density at radius 3 is 2.75 bits per heavy atom. The predicted molar refractivity (Wildman–Crippen MR) is 79.0 cm³/mol. The molecule has 0 aliphatic rings. The fraction of sp³-hybridized carbons (Fsp3) is 0.231. The number of sulfonamides is 1. The Hall–Kier alpha value is -1.44. The summed E-state index contributed by atoms with van der Waals surface area (Å²) in [6.07, 6.45) is 0. The molecule has 1 heterocycles. The van der Waals surface area contributed by atoms with Gasteiger partial charge in [-0.2, -0.15) is 0 Å². The molecule has 0 saturated heterocycles. The average Bonchev–Trinajstić information content (AvgIpc) is 2.71. The second-order valence-electron chi connectivity index (χ2n) is 4.32. The molecule has 0 saturated carbocycles. The van der Waals surface area contributed by atoms with Gasteiger partial charge >= 0.3 is 0 Å². The van der Waals surface area contributed by atoms with E-state index in [2.05, 4.69) is 10.0 Å². The molecule has 0 spiro atoms. The summed E-state index contributed by atoms with van der Waals surface area (Å²) in [5.74, 6) is -0.484. The lowest BCUT2D eigenvalue weighted by molar-refractivity contribution is 0.599. The van der Waals surface area contributed by atoms with Crippen molar-refractivity contribution in [3.05, 3.63) is 45.9 Å². The fourth-order valence-electron chi connectivity index (χ4n) is 1.89. The molecular formula is C13H15FN2O2S2. The maximum absolute atomic E-state index is 13.1. The lowest BCUT2D eigenvalue weighted by Gasteiger charge is -2.10. The molecule has 0 unspecified atom stereocenters. The summed E-state index contributed by atoms with van der Waals surface area (Å²) >= 11 is 1.39. The molecule has 0 aliphatic heterocycles. The van der Waals surface area contributed by atoms with E-state index in [0.29, 0.717) is 12.1 Å². The first kappa shape index (κ1) is 15.0. The number of rotatable bonds is 5. The van der Waals surface area contributed by atoms with E-state index >= 15 is 0 Å². The van der Waals surface area contributed by atoms with Crippen LogP contribution in [0.5, 0.6) is 0 Å². The van der Waals surface area contributed by atoms with E-state index in [1.807, 2.05) is 0 Å². The third-order valence-corrected chi connectivity index (χ3v) is 5.52. The van der Waals surface area contributed by atoms with Gasteiger partial charge in [-0.05, 0) is 43.1 Å². The van der Waals surface area contributed by atoms with Gasteiger partial charge in [0.25, 0.3) is 10.0 Å². The molecule has 1 aromatic carbocycles. The van der Waals surface area contributed by atoms with E-state index in [9.17, 15) is 12.8 Å². The third kappa shape index (κ3) is 3.17. The highest BCUT2D eigenvalue weighted by molar-refractivity contribution is 7.93. The predicted octanol–water partition coefficient (Wildman–Crippen LogP) is 2.72. The van der Waals surface area contributed by atoms with Crippen LogP contribution in [0.3, 0.4) is 0 Å². The molecule has 108 valence electrons. The molecule has 4 nitrogen and oxygen atoms in total. The standard InChI is InChI=1S/C13H15FN2O2S2/c1-9-8-19-12(7-15-2)13(9)20(17,18)16-11-5-3-4-10(14)6-11/h3-6,8,15-16H,7H2,1-2H3. The lowest BCUT2D eigenvalue weighted by Crippen LogP contribution is -2.16. The summed E-state index contributed by atoms with van der Waals surface area (Å²) in [5, 5.41) is 4.74. The molecule has 2 N–H and O–H groups in total. The van der Waals surface area contributed by atoms with Gasteiger partial charge in [0, 0.05) is 11.4 Å². The highest BCUT2D eigenvalue weighted by atomic mass is 32.2. The van der Waals surface area contributed by atoms with Crippen molar-refractivity contribution in [2.45, 2.75) is 18.4 Å². The van der Waals surface area contributed by atoms with Crippen LogP contribution in [0.2, 0.25) is 0 Å². The van der Waals surface area contributed by atoms with Crippen molar-refractivity contribution in [2.75, 3.05) is 11.8 Å². The van der Waals surface area contributed by atoms with Gasteiger partial charge < -0.3 is 5.32 Å². The monoisotopic (exact) mass is 314 g/mol. The second kappa shape index (κ2) is 5.90. The number of nitrogens with one attached hydrogen (secondary N) is 2. The lowest BCUT2D eigenvalue weighted by atomic mass is 10.3. The van der Waals surface area contributed by atoms with Gasteiger partial charge in [0.05, 0.1) is 5.69 Å². The molecule has 20 heavy (non-hydrogen) atoms. The zero-order valence-electron chi connectivity index (χ0n) is 11.1. The Kier molecular flexibility index (Phi) is 4.42. The first-order chi connectivity index (χ1) is 9.44. The van der Waals surface area contributed by atoms with E-state index in [1.54, 1.807) is 19.4 Å². The molecule has 0 radical (unpaired) electrons. The van der Waals surface area contributed by atoms with Crippen molar-refractivity contribution in [1.82, 2.24) is 5.32 Å². The summed E-state index contributed by atoms with van der Waals surface area (Å²) in [4.78, 5) is 0.995. The van der Waals surface area contributed by atoms with E-state index in [-0.39, 0.29) is 10.6 Å². The van der Waals surface area contributed by atoms with Crippen LogP contribution >= 0.6 is 11.3 Å². The Labute approximate surface area is 121 Å². The molecule has 0 fully saturated rings. The summed E-state index contributed by atoms with van der Waals surface area (Å²) in [6.45, 7) is 2.22. The highest BCUT2D eigenvalue weighted by Gasteiger charge is 2.22. The van der Waals surface area contributed by atoms with Gasteiger partial charge in [-0.1, -0.05) is 6.07 Å². The first-order valence-electron chi connectivity index (χ1n) is 5.94. The van der Waals surface area contributed by atoms with Gasteiger partial charge in [0.1, 0.15) is 10.7 Å². The van der Waals surface area contributed by atoms with E-state index in [1.165, 1.54) is 29.5 Å². The number of benzene rings is 1. The minimum absolute atomic E-state index is 0.214. The Morgan fingerprint density at radius 1 is 1.35 bits per heavy atom. The number of halogens is 1. The van der Waals surface area contributed by atoms with Crippen molar-refractivity contribution in [2.24, 2.45) is 0 Å². The van der Waals surface area contributed by atoms with Crippen LogP contribution in [-0.4, -0.2) is 15.5 Å². The minimum Gasteiger partial charge on any atom is -0.315 e. The zero-order chi connectivity index (χ0) is 14.8. The number of hydrogen-bond donors (Lipinski definition) is 2. The van der Waals surface area contributed by atoms with Crippen LogP contribution in [-0.2, 0) is 16.6 Å². The van der Waals surface area contributed by atoms with Crippen molar-refractivity contribution in [1.29, 1.82) is 0 Å². The van der Waals surface area contributed by atoms with Gasteiger partial charge in [0.15, 0.2) is 0 Å². The largest absolute Gasteiger partial charge is 0.315 e. The van der Waals surface area contributed by atoms with E-state index in [0.717, 1.165) is 10.9 Å². The normalized spacial score (nSPS) is 11.6. The van der Waals surface area contributed by atoms with Gasteiger partial charge in [-0.15, -0.1) is 11.3 Å². The molecule has 0 atom stereocenters. The van der Waals surface area contributed by atoms with Crippen LogP contribution in [0, 0.1) is 12.7 Å². The molecule has 1 aromatic heterocycles. The molecule has 0 bridgehead atoms. The highest BCUT2D eigenvalue weighted by Crippen LogP contribution is 2.28. The second-order valence-corrected chi connectivity index (χ2v) is 6.90. The topological polar surface area (TPSA) is 58.2 Å². The van der Waals surface area contributed by atoms with Gasteiger partial charge in [0.2, 0.25) is 0 Å². The molecule has 0 amide bonds. The van der Waals surface area contributed by atoms with Crippen LogP contribution < -0.4 is 10.0 Å². The van der Waals surface area contributed by atoms with E-state index < -0.39 is 15.8 Å². The smallest absolute Gasteiger partial charge is 0.263 e. The third-order valence-electron chi connectivity index (χ3n) is 2.67. The molecule has 0 aliphatic carbocycles. The van der Waals surface area contributed by atoms with Gasteiger partial charge in [-0.3, -0.25) is 4.72 Å². The molecule has 7 heteroatoms. The maximum atomic E-state index is 13.1. The SMILES string of the molecule is CNCc1scc(C)c1S(=O)(=O)Nc1cccc(F)c1. The van der Waals surface area contributed by atoms with E-state index in [4.69, 9.17) is 0 Å². The van der Waals surface area contributed by atoms with Crippen molar-refractivity contribution < 1.29 is 12.8 Å². The average molecular weight is 314 g/mol. The molecule has 2 rings (SSSR count). The van der Waals surface area contributed by atoms with Crippen molar-refractivity contribution in [3.8, 4) is 0 Å². The number of aryl methyl sites for hydroxylation is 1. The quantitative estimate of drug-likeness (QED) is 0.892. The van der Waals surface area contributed by atoms with Crippen LogP contribution in [0.15, 0.2) is 34.5 Å². The van der Waals surface area contributed by atoms with Crippen molar-refractivity contribution >= 4 is 27.0 Å². The number of hydrogen-bond acceptors (Lipinski definition) is 4. The van der Waals surface area contributed by atoms with Crippen LogP contribution in [0.4, 0.5) is 10.1 Å². The Bertz CT molecular complexity index is 711. The van der Waals surface area contributed by atoms with Crippen molar-refractivity contribution in [3.63, 3.8) is 0 Å². The first-order valence-corrected chi connectivity index (χ1v) is 8.30. The van der Waals surface area contributed by atoms with Gasteiger partial charge in [-0.25, -0.2) is 12.8 Å². The number of thiophene rings is 1. The Morgan fingerprint density at radius 2 is 2.10 bits per heavy atom. The zero-order valence-corrected chi connectivity index (χ0v) is 12.7. The summed E-state index contributed by atoms with van der Waals surface area (Å²) in [7, 11) is -1.96. The maximum Gasteiger partial charge on any atom is 0.263 e. The summed E-state index contributed by atoms with van der Waals surface area (Å²) in [6, 6.07) is 5.39. The molecule has 2 aromatic rings. The molecular weight excluding hydrogens is 299 g/mol. The fourth-order valence-corrected chi connectivity index (χ4v) is 4.76. The van der Waals surface area contributed by atoms with Crippen LogP contribution in [0.25, 0.3) is 0 Å². The Balaban J connectivity index is 2.38. The van der Waals surface area contributed by atoms with Crippen LogP contribution in [0.1, 0.15) is 10.4 Å². The number of anilines is 1. The summed E-state index contributed by atoms with van der Waals surface area (Å²) < 4.78 is 40.4. The summed E-state index contributed by atoms with van der Waals surface area (Å²) in [5.41, 5.74) is 0.898.